The van der Waals surface area contributed by atoms with E-state index in [-0.39, 0.29) is 0 Å². The first-order chi connectivity index (χ1) is 12.0. The number of aromatic nitrogens is 2. The highest BCUT2D eigenvalue weighted by molar-refractivity contribution is 5.93. The van der Waals surface area contributed by atoms with Crippen molar-refractivity contribution in [2.24, 2.45) is 5.73 Å². The lowest BCUT2D eigenvalue weighted by molar-refractivity contribution is 0.0735. The van der Waals surface area contributed by atoms with Gasteiger partial charge in [-0.2, -0.15) is 4.98 Å². The van der Waals surface area contributed by atoms with Gasteiger partial charge in [-0.3, -0.25) is 0 Å². The predicted octanol–water partition coefficient (Wildman–Crippen LogP) is 2.75. The summed E-state index contributed by atoms with van der Waals surface area (Å²) >= 11 is 0. The second-order valence-corrected chi connectivity index (χ2v) is 5.12. The molecule has 0 unspecified atom stereocenters. The van der Waals surface area contributed by atoms with E-state index in [1.54, 1.807) is 43.3 Å². The van der Waals surface area contributed by atoms with Crippen molar-refractivity contribution >= 4 is 17.7 Å². The number of nitrogens with zero attached hydrogens (tertiary/aromatic N) is 2. The zero-order valence-corrected chi connectivity index (χ0v) is 13.2. The first-order valence-corrected chi connectivity index (χ1v) is 7.31. The lowest BCUT2D eigenvalue weighted by Gasteiger charge is -2.06. The Morgan fingerprint density at radius 2 is 1.76 bits per heavy atom. The number of esters is 1. The molecule has 0 aliphatic heterocycles. The van der Waals surface area contributed by atoms with Crippen molar-refractivity contribution in [2.45, 2.75) is 6.92 Å². The lowest BCUT2D eigenvalue weighted by atomic mass is 10.2. The SMILES string of the molecule is Cc1nc(-c2ccc(OC(=O)c3ccc(NC(N)=O)cc3)cc2)no1. The van der Waals surface area contributed by atoms with Crippen LogP contribution in [0.5, 0.6) is 5.75 Å². The number of anilines is 1. The molecule has 0 saturated carbocycles. The van der Waals surface area contributed by atoms with E-state index in [4.69, 9.17) is 15.0 Å². The van der Waals surface area contributed by atoms with Crippen LogP contribution in [0.4, 0.5) is 10.5 Å². The normalized spacial score (nSPS) is 10.3. The summed E-state index contributed by atoms with van der Waals surface area (Å²) < 4.78 is 10.2. The summed E-state index contributed by atoms with van der Waals surface area (Å²) in [6, 6.07) is 12.2. The highest BCUT2D eigenvalue weighted by Crippen LogP contribution is 2.21. The van der Waals surface area contributed by atoms with Gasteiger partial charge >= 0.3 is 12.0 Å². The number of aryl methyl sites for hydroxylation is 1. The minimum atomic E-state index is -0.674. The van der Waals surface area contributed by atoms with Gasteiger partial charge in [-0.15, -0.1) is 0 Å². The van der Waals surface area contributed by atoms with Crippen molar-refractivity contribution in [2.75, 3.05) is 5.32 Å². The van der Waals surface area contributed by atoms with Crippen LogP contribution in [0.25, 0.3) is 11.4 Å². The number of hydrogen-bond acceptors (Lipinski definition) is 6. The number of hydrogen-bond donors (Lipinski definition) is 2. The largest absolute Gasteiger partial charge is 0.423 e. The molecule has 2 amide bonds. The molecule has 0 saturated heterocycles. The van der Waals surface area contributed by atoms with Crippen LogP contribution in [0.2, 0.25) is 0 Å². The molecular weight excluding hydrogens is 324 g/mol. The monoisotopic (exact) mass is 338 g/mol. The summed E-state index contributed by atoms with van der Waals surface area (Å²) in [4.78, 5) is 27.0. The zero-order valence-electron chi connectivity index (χ0n) is 13.2. The summed E-state index contributed by atoms with van der Waals surface area (Å²) in [7, 11) is 0. The topological polar surface area (TPSA) is 120 Å². The fourth-order valence-electron chi connectivity index (χ4n) is 2.09. The number of primary amides is 1. The van der Waals surface area contributed by atoms with Crippen molar-refractivity contribution in [3.05, 3.63) is 60.0 Å². The third-order valence-corrected chi connectivity index (χ3v) is 3.24. The minimum Gasteiger partial charge on any atom is -0.423 e. The molecule has 1 aromatic heterocycles. The van der Waals surface area contributed by atoms with Crippen LogP contribution in [-0.2, 0) is 0 Å². The van der Waals surface area contributed by atoms with Crippen LogP contribution in [-0.4, -0.2) is 22.1 Å². The maximum Gasteiger partial charge on any atom is 0.343 e. The van der Waals surface area contributed by atoms with Gasteiger partial charge in [0.1, 0.15) is 5.75 Å². The molecular formula is C17H14N4O4. The molecule has 0 spiro atoms. The molecule has 3 rings (SSSR count). The standard InChI is InChI=1S/C17H14N4O4/c1-10-19-15(21-25-10)11-4-8-14(9-5-11)24-16(22)12-2-6-13(7-3-12)20-17(18)23/h2-9H,1H3,(H3,18,20,23). The van der Waals surface area contributed by atoms with Gasteiger partial charge in [0.2, 0.25) is 11.7 Å². The van der Waals surface area contributed by atoms with E-state index in [1.807, 2.05) is 0 Å². The van der Waals surface area contributed by atoms with Gasteiger partial charge < -0.3 is 20.3 Å². The van der Waals surface area contributed by atoms with Gasteiger partial charge in [-0.05, 0) is 48.5 Å². The van der Waals surface area contributed by atoms with Gasteiger partial charge in [0, 0.05) is 18.2 Å². The number of urea groups is 1. The quantitative estimate of drug-likeness (QED) is 0.557. The van der Waals surface area contributed by atoms with E-state index in [9.17, 15) is 9.59 Å². The first kappa shape index (κ1) is 16.2. The Hall–Kier alpha value is -3.68. The molecule has 0 radical (unpaired) electrons. The van der Waals surface area contributed by atoms with Crippen LogP contribution in [0.1, 0.15) is 16.2 Å². The molecule has 3 N–H and O–H groups in total. The molecule has 8 nitrogen and oxygen atoms in total. The second-order valence-electron chi connectivity index (χ2n) is 5.12. The predicted molar refractivity (Wildman–Crippen MR) is 89.1 cm³/mol. The first-order valence-electron chi connectivity index (χ1n) is 7.31. The molecule has 25 heavy (non-hydrogen) atoms. The average molecular weight is 338 g/mol. The number of amides is 2. The molecule has 8 heteroatoms. The summed E-state index contributed by atoms with van der Waals surface area (Å²) in [5.41, 5.74) is 6.60. The Morgan fingerprint density at radius 1 is 1.08 bits per heavy atom. The maximum absolute atomic E-state index is 12.1. The number of nitrogens with two attached hydrogens (primary N) is 1. The van der Waals surface area contributed by atoms with Crippen LogP contribution in [0.15, 0.2) is 53.1 Å². The number of carbonyl (C=O) groups is 2. The van der Waals surface area contributed by atoms with Crippen LogP contribution < -0.4 is 15.8 Å². The molecule has 0 fully saturated rings. The summed E-state index contributed by atoms with van der Waals surface area (Å²) in [6.45, 7) is 1.71. The zero-order chi connectivity index (χ0) is 17.8. The van der Waals surface area contributed by atoms with Crippen LogP contribution in [0.3, 0.4) is 0 Å². The van der Waals surface area contributed by atoms with Crippen molar-refractivity contribution in [3.8, 4) is 17.1 Å². The van der Waals surface area contributed by atoms with Crippen molar-refractivity contribution < 1.29 is 18.8 Å². The van der Waals surface area contributed by atoms with Crippen molar-refractivity contribution in [1.29, 1.82) is 0 Å². The number of benzene rings is 2. The van der Waals surface area contributed by atoms with Gasteiger partial charge in [0.15, 0.2) is 0 Å². The Labute approximate surface area is 142 Å². The van der Waals surface area contributed by atoms with Gasteiger partial charge in [-0.1, -0.05) is 5.16 Å². The van der Waals surface area contributed by atoms with E-state index in [0.717, 1.165) is 5.56 Å². The molecule has 3 aromatic rings. The molecule has 126 valence electrons. The third kappa shape index (κ3) is 3.99. The summed E-state index contributed by atoms with van der Waals surface area (Å²) in [6.07, 6.45) is 0. The van der Waals surface area contributed by atoms with Gasteiger partial charge in [-0.25, -0.2) is 9.59 Å². The Balaban J connectivity index is 1.67. The number of nitrogens with one attached hydrogen (secondary N) is 1. The number of carbonyl (C=O) groups excluding carboxylic acids is 2. The fraction of sp³-hybridized carbons (Fsp3) is 0.0588. The van der Waals surface area contributed by atoms with Crippen LogP contribution in [0, 0.1) is 6.92 Å². The second kappa shape index (κ2) is 6.83. The Kier molecular flexibility index (Phi) is 4.42. The maximum atomic E-state index is 12.1. The van der Waals surface area contributed by atoms with E-state index in [2.05, 4.69) is 15.5 Å². The van der Waals surface area contributed by atoms with Gasteiger partial charge in [0.05, 0.1) is 5.56 Å². The Bertz CT molecular complexity index is 901. The summed E-state index contributed by atoms with van der Waals surface area (Å²) in [5.74, 6) is 0.801. The van der Waals surface area contributed by atoms with E-state index >= 15 is 0 Å². The lowest BCUT2D eigenvalue weighted by Crippen LogP contribution is -2.19. The minimum absolute atomic E-state index is 0.341. The molecule has 1 heterocycles. The van der Waals surface area contributed by atoms with E-state index in [0.29, 0.717) is 28.7 Å². The summed E-state index contributed by atoms with van der Waals surface area (Å²) in [5, 5.41) is 6.23. The smallest absolute Gasteiger partial charge is 0.343 e. The van der Waals surface area contributed by atoms with Crippen molar-refractivity contribution in [1.82, 2.24) is 10.1 Å². The third-order valence-electron chi connectivity index (χ3n) is 3.24. The highest BCUT2D eigenvalue weighted by Gasteiger charge is 2.10. The number of rotatable bonds is 4. The fourth-order valence-corrected chi connectivity index (χ4v) is 2.09. The molecule has 0 atom stereocenters. The van der Waals surface area contributed by atoms with E-state index < -0.39 is 12.0 Å². The number of ether oxygens (including phenoxy) is 1. The molecule has 2 aromatic carbocycles. The molecule has 0 bridgehead atoms. The molecule has 0 aliphatic carbocycles. The van der Waals surface area contributed by atoms with E-state index in [1.165, 1.54) is 12.1 Å². The highest BCUT2D eigenvalue weighted by atomic mass is 16.5. The van der Waals surface area contributed by atoms with Gasteiger partial charge in [0.25, 0.3) is 0 Å². The Morgan fingerprint density at radius 3 is 2.32 bits per heavy atom. The van der Waals surface area contributed by atoms with Crippen LogP contribution >= 0.6 is 0 Å². The molecule has 0 aliphatic rings. The average Bonchev–Trinajstić information content (AvgIpc) is 3.02. The van der Waals surface area contributed by atoms with Crippen molar-refractivity contribution in [3.63, 3.8) is 0 Å².